The highest BCUT2D eigenvalue weighted by atomic mass is 79.9. The largest absolute Gasteiger partial charge is 0.481 e. The van der Waals surface area contributed by atoms with Crippen LogP contribution in [0, 0.1) is 5.82 Å². The van der Waals surface area contributed by atoms with Gasteiger partial charge in [-0.15, -0.1) is 0 Å². The van der Waals surface area contributed by atoms with E-state index >= 15 is 0 Å². The van der Waals surface area contributed by atoms with Crippen molar-refractivity contribution in [2.24, 2.45) is 0 Å². The molecule has 112 valence electrons. The van der Waals surface area contributed by atoms with E-state index in [9.17, 15) is 9.18 Å². The Kier molecular flexibility index (Phi) is 5.05. The minimum Gasteiger partial charge on any atom is -0.481 e. The summed E-state index contributed by atoms with van der Waals surface area (Å²) in [5.74, 6) is -1.38. The number of rotatable bonds is 5. The van der Waals surface area contributed by atoms with Crippen molar-refractivity contribution in [1.29, 1.82) is 0 Å². The van der Waals surface area contributed by atoms with E-state index in [1.54, 1.807) is 6.07 Å². The molecule has 7 heteroatoms. The van der Waals surface area contributed by atoms with Gasteiger partial charge in [0.1, 0.15) is 5.82 Å². The van der Waals surface area contributed by atoms with E-state index in [0.717, 1.165) is 22.9 Å². The highest BCUT2D eigenvalue weighted by Crippen LogP contribution is 2.28. The zero-order valence-electron chi connectivity index (χ0n) is 11.6. The number of halogens is 2. The van der Waals surface area contributed by atoms with E-state index in [0.29, 0.717) is 21.7 Å². The van der Waals surface area contributed by atoms with Crippen molar-refractivity contribution in [2.45, 2.75) is 25.5 Å². The fourth-order valence-corrected chi connectivity index (χ4v) is 2.86. The SMILES string of the molecule is CC(C)=CCn1c(SCC(=O)O)nc2cc(F)c(Br)cc21. The summed E-state index contributed by atoms with van der Waals surface area (Å²) in [6.45, 7) is 4.54. The number of benzene rings is 1. The Morgan fingerprint density at radius 3 is 2.86 bits per heavy atom. The van der Waals surface area contributed by atoms with Gasteiger partial charge < -0.3 is 9.67 Å². The van der Waals surface area contributed by atoms with Crippen LogP contribution >= 0.6 is 27.7 Å². The maximum absolute atomic E-state index is 13.6. The molecule has 0 spiro atoms. The average Bonchev–Trinajstić information content (AvgIpc) is 2.71. The molecule has 0 unspecified atom stereocenters. The number of aromatic nitrogens is 2. The van der Waals surface area contributed by atoms with Gasteiger partial charge in [0, 0.05) is 12.6 Å². The first-order chi connectivity index (χ1) is 9.88. The first-order valence-corrected chi connectivity index (χ1v) is 7.99. The highest BCUT2D eigenvalue weighted by molar-refractivity contribution is 9.10. The third kappa shape index (κ3) is 3.85. The number of carboxylic acids is 1. The highest BCUT2D eigenvalue weighted by Gasteiger charge is 2.14. The summed E-state index contributed by atoms with van der Waals surface area (Å²) in [6, 6.07) is 3.02. The molecule has 0 saturated heterocycles. The lowest BCUT2D eigenvalue weighted by molar-refractivity contribution is -0.133. The van der Waals surface area contributed by atoms with Crippen LogP contribution in [0.15, 0.2) is 33.4 Å². The molecule has 21 heavy (non-hydrogen) atoms. The van der Waals surface area contributed by atoms with Crippen molar-refractivity contribution in [1.82, 2.24) is 9.55 Å². The average molecular weight is 373 g/mol. The predicted molar refractivity (Wildman–Crippen MR) is 85.2 cm³/mol. The number of carboxylic acid groups (broad SMARTS) is 1. The Morgan fingerprint density at radius 1 is 1.52 bits per heavy atom. The molecule has 0 saturated carbocycles. The molecule has 0 aliphatic rings. The van der Waals surface area contributed by atoms with Crippen molar-refractivity contribution in [2.75, 3.05) is 5.75 Å². The quantitative estimate of drug-likeness (QED) is 0.634. The molecule has 4 nitrogen and oxygen atoms in total. The van der Waals surface area contributed by atoms with Gasteiger partial charge in [-0.1, -0.05) is 23.4 Å². The second-order valence-corrected chi connectivity index (χ2v) is 6.52. The van der Waals surface area contributed by atoms with Crippen LogP contribution in [0.3, 0.4) is 0 Å². The standard InChI is InChI=1S/C14H14BrFN2O2S/c1-8(2)3-4-18-12-5-9(15)10(16)6-11(12)17-14(18)21-7-13(19)20/h3,5-6H,4,7H2,1-2H3,(H,19,20). The summed E-state index contributed by atoms with van der Waals surface area (Å²) in [7, 11) is 0. The molecule has 0 fully saturated rings. The number of hydrogen-bond donors (Lipinski definition) is 1. The Morgan fingerprint density at radius 2 is 2.24 bits per heavy atom. The summed E-state index contributed by atoms with van der Waals surface area (Å²) >= 11 is 4.30. The molecular formula is C14H14BrFN2O2S. The van der Waals surface area contributed by atoms with Gasteiger partial charge in [-0.3, -0.25) is 4.79 Å². The summed E-state index contributed by atoms with van der Waals surface area (Å²) in [6.07, 6.45) is 2.02. The van der Waals surface area contributed by atoms with E-state index in [4.69, 9.17) is 5.11 Å². The smallest absolute Gasteiger partial charge is 0.313 e. The Bertz CT molecular complexity index is 723. The Hall–Kier alpha value is -1.34. The van der Waals surface area contributed by atoms with Crippen LogP contribution in [-0.2, 0) is 11.3 Å². The molecule has 1 aromatic carbocycles. The van der Waals surface area contributed by atoms with Crippen molar-refractivity contribution in [3.63, 3.8) is 0 Å². The number of aliphatic carboxylic acids is 1. The minimum atomic E-state index is -0.909. The minimum absolute atomic E-state index is 0.0816. The maximum Gasteiger partial charge on any atom is 0.313 e. The number of fused-ring (bicyclic) bond motifs is 1. The van der Waals surface area contributed by atoms with Gasteiger partial charge >= 0.3 is 5.97 Å². The second-order valence-electron chi connectivity index (χ2n) is 4.72. The molecule has 0 bridgehead atoms. The Balaban J connectivity index is 2.51. The normalized spacial score (nSPS) is 10.9. The zero-order valence-corrected chi connectivity index (χ0v) is 14.0. The third-order valence-electron chi connectivity index (χ3n) is 2.76. The van der Waals surface area contributed by atoms with Crippen molar-refractivity contribution in [3.8, 4) is 0 Å². The predicted octanol–water partition coefficient (Wildman–Crippen LogP) is 4.08. The lowest BCUT2D eigenvalue weighted by Gasteiger charge is -2.06. The summed E-state index contributed by atoms with van der Waals surface area (Å²) in [5.41, 5.74) is 2.44. The topological polar surface area (TPSA) is 55.1 Å². The molecule has 2 aromatic rings. The van der Waals surface area contributed by atoms with Gasteiger partial charge in [-0.25, -0.2) is 9.37 Å². The molecule has 0 aliphatic carbocycles. The van der Waals surface area contributed by atoms with Crippen molar-refractivity contribution < 1.29 is 14.3 Å². The number of carbonyl (C=O) groups is 1. The number of thioether (sulfide) groups is 1. The molecule has 0 amide bonds. The number of hydrogen-bond acceptors (Lipinski definition) is 3. The second kappa shape index (κ2) is 6.62. The van der Waals surface area contributed by atoms with Crippen LogP contribution in [0.1, 0.15) is 13.8 Å². The fraction of sp³-hybridized carbons (Fsp3) is 0.286. The van der Waals surface area contributed by atoms with Gasteiger partial charge in [0.05, 0.1) is 21.3 Å². The number of nitrogens with zero attached hydrogens (tertiary/aromatic N) is 2. The monoisotopic (exact) mass is 372 g/mol. The maximum atomic E-state index is 13.6. The molecule has 0 atom stereocenters. The summed E-state index contributed by atoms with van der Waals surface area (Å²) in [4.78, 5) is 15.1. The molecule has 1 N–H and O–H groups in total. The lowest BCUT2D eigenvalue weighted by atomic mass is 10.3. The van der Waals surface area contributed by atoms with E-state index < -0.39 is 5.97 Å². The van der Waals surface area contributed by atoms with E-state index in [1.807, 2.05) is 24.5 Å². The van der Waals surface area contributed by atoms with Crippen LogP contribution in [0.2, 0.25) is 0 Å². The summed E-state index contributed by atoms with van der Waals surface area (Å²) < 4.78 is 15.9. The number of allylic oxidation sites excluding steroid dienone is 2. The molecule has 1 heterocycles. The number of imidazole rings is 1. The van der Waals surface area contributed by atoms with Gasteiger partial charge in [0.25, 0.3) is 0 Å². The molecule has 1 aromatic heterocycles. The molecule has 0 radical (unpaired) electrons. The van der Waals surface area contributed by atoms with Crippen molar-refractivity contribution >= 4 is 44.7 Å². The van der Waals surface area contributed by atoms with Crippen LogP contribution in [0.4, 0.5) is 4.39 Å². The van der Waals surface area contributed by atoms with Crippen molar-refractivity contribution in [3.05, 3.63) is 34.1 Å². The fourth-order valence-electron chi connectivity index (χ4n) is 1.78. The molecule has 0 aliphatic heterocycles. The zero-order chi connectivity index (χ0) is 15.6. The summed E-state index contributed by atoms with van der Waals surface area (Å²) in [5, 5.41) is 9.38. The van der Waals surface area contributed by atoms with E-state index in [-0.39, 0.29) is 11.6 Å². The lowest BCUT2D eigenvalue weighted by Crippen LogP contribution is -2.02. The van der Waals surface area contributed by atoms with Crippen LogP contribution in [0.25, 0.3) is 11.0 Å². The van der Waals surface area contributed by atoms with Crippen LogP contribution in [-0.4, -0.2) is 26.4 Å². The first kappa shape index (κ1) is 16.0. The first-order valence-electron chi connectivity index (χ1n) is 6.21. The molecule has 2 rings (SSSR count). The van der Waals surface area contributed by atoms with Crippen LogP contribution < -0.4 is 0 Å². The van der Waals surface area contributed by atoms with Gasteiger partial charge in [-0.2, -0.15) is 0 Å². The van der Waals surface area contributed by atoms with Gasteiger partial charge in [0.2, 0.25) is 0 Å². The van der Waals surface area contributed by atoms with E-state index in [2.05, 4.69) is 20.9 Å². The van der Waals surface area contributed by atoms with Gasteiger partial charge in [0.15, 0.2) is 5.16 Å². The third-order valence-corrected chi connectivity index (χ3v) is 4.33. The van der Waals surface area contributed by atoms with Crippen LogP contribution in [0.5, 0.6) is 0 Å². The van der Waals surface area contributed by atoms with E-state index in [1.165, 1.54) is 6.07 Å². The Labute approximate surface area is 134 Å². The molecular weight excluding hydrogens is 359 g/mol. The van der Waals surface area contributed by atoms with Gasteiger partial charge in [-0.05, 0) is 35.8 Å².